The van der Waals surface area contributed by atoms with Crippen LogP contribution in [-0.2, 0) is 10.0 Å². The Morgan fingerprint density at radius 1 is 1.07 bits per heavy atom. The molecule has 0 bridgehead atoms. The first kappa shape index (κ1) is 19.4. The molecule has 1 aliphatic heterocycles. The van der Waals surface area contributed by atoms with E-state index in [1.807, 2.05) is 0 Å². The van der Waals surface area contributed by atoms with Crippen LogP contribution in [0.3, 0.4) is 0 Å². The van der Waals surface area contributed by atoms with Crippen molar-refractivity contribution < 1.29 is 22.0 Å². The monoisotopic (exact) mass is 394 g/mol. The molecule has 1 heterocycles. The zero-order chi connectivity index (χ0) is 19.8. The first-order chi connectivity index (χ1) is 12.7. The second-order valence-electron chi connectivity index (χ2n) is 6.59. The number of Topliss-reactive ketones (excluding diaryl/α,β-unsaturated/α-hetero) is 1. The summed E-state index contributed by atoms with van der Waals surface area (Å²) in [4.78, 5) is 13.2. The van der Waals surface area contributed by atoms with Crippen molar-refractivity contribution in [2.45, 2.75) is 24.8 Å². The largest absolute Gasteiger partial charge is 0.366 e. The van der Waals surface area contributed by atoms with Crippen LogP contribution in [-0.4, -0.2) is 44.2 Å². The molecule has 1 saturated heterocycles. The van der Waals surface area contributed by atoms with Gasteiger partial charge in [-0.15, -0.1) is 0 Å². The Balaban J connectivity index is 1.80. The van der Waals surface area contributed by atoms with E-state index in [4.69, 9.17) is 0 Å². The van der Waals surface area contributed by atoms with Gasteiger partial charge in [0.25, 0.3) is 0 Å². The van der Waals surface area contributed by atoms with Crippen LogP contribution in [0.25, 0.3) is 0 Å². The van der Waals surface area contributed by atoms with Crippen molar-refractivity contribution in [2.24, 2.45) is 0 Å². The SMILES string of the molecule is CC(=O)c1ccc(S(=O)(=O)N2CCN(c3ccc(F)cc3F)C[C@H]2C)cc1. The van der Waals surface area contributed by atoms with Crippen molar-refractivity contribution in [2.75, 3.05) is 24.5 Å². The van der Waals surface area contributed by atoms with Gasteiger partial charge >= 0.3 is 0 Å². The molecule has 0 aliphatic carbocycles. The number of nitrogens with zero attached hydrogens (tertiary/aromatic N) is 2. The Kier molecular flexibility index (Phi) is 5.30. The number of piperazine rings is 1. The van der Waals surface area contributed by atoms with E-state index < -0.39 is 27.7 Å². The maximum Gasteiger partial charge on any atom is 0.243 e. The Bertz CT molecular complexity index is 961. The minimum Gasteiger partial charge on any atom is -0.366 e. The molecule has 2 aromatic rings. The molecule has 0 unspecified atom stereocenters. The number of hydrogen-bond acceptors (Lipinski definition) is 4. The van der Waals surface area contributed by atoms with Gasteiger partial charge in [0.05, 0.1) is 10.6 Å². The third-order valence-electron chi connectivity index (χ3n) is 4.68. The van der Waals surface area contributed by atoms with Gasteiger partial charge in [-0.05, 0) is 38.1 Å². The van der Waals surface area contributed by atoms with Gasteiger partial charge < -0.3 is 4.90 Å². The molecule has 1 atom stereocenters. The van der Waals surface area contributed by atoms with Gasteiger partial charge in [0.1, 0.15) is 11.6 Å². The van der Waals surface area contributed by atoms with Crippen LogP contribution in [0.1, 0.15) is 24.2 Å². The van der Waals surface area contributed by atoms with Gasteiger partial charge in [-0.1, -0.05) is 12.1 Å². The zero-order valence-corrected chi connectivity index (χ0v) is 15.8. The Morgan fingerprint density at radius 3 is 2.30 bits per heavy atom. The summed E-state index contributed by atoms with van der Waals surface area (Å²) in [6, 6.07) is 8.79. The molecule has 3 rings (SSSR count). The maximum absolute atomic E-state index is 14.0. The van der Waals surface area contributed by atoms with Crippen LogP contribution < -0.4 is 4.90 Å². The Hall–Kier alpha value is -2.32. The van der Waals surface area contributed by atoms with Crippen LogP contribution in [0.5, 0.6) is 0 Å². The number of ketones is 1. The molecule has 0 saturated carbocycles. The number of rotatable bonds is 4. The molecule has 0 N–H and O–H groups in total. The predicted octanol–water partition coefficient (Wildman–Crippen LogP) is 3.07. The molecule has 144 valence electrons. The predicted molar refractivity (Wildman–Crippen MR) is 98.4 cm³/mol. The van der Waals surface area contributed by atoms with E-state index in [1.165, 1.54) is 47.6 Å². The fraction of sp³-hybridized carbons (Fsp3) is 0.316. The third kappa shape index (κ3) is 3.86. The van der Waals surface area contributed by atoms with Gasteiger partial charge in [-0.2, -0.15) is 4.31 Å². The molecule has 8 heteroatoms. The zero-order valence-electron chi connectivity index (χ0n) is 15.0. The highest BCUT2D eigenvalue weighted by atomic mass is 32.2. The lowest BCUT2D eigenvalue weighted by molar-refractivity contribution is 0.101. The number of sulfonamides is 1. The van der Waals surface area contributed by atoms with E-state index in [-0.39, 0.29) is 36.0 Å². The van der Waals surface area contributed by atoms with Crippen LogP contribution in [0.4, 0.5) is 14.5 Å². The van der Waals surface area contributed by atoms with Crippen LogP contribution >= 0.6 is 0 Å². The topological polar surface area (TPSA) is 57.7 Å². The second-order valence-corrected chi connectivity index (χ2v) is 8.48. The maximum atomic E-state index is 14.0. The molecule has 5 nitrogen and oxygen atoms in total. The average Bonchev–Trinajstić information content (AvgIpc) is 2.61. The van der Waals surface area contributed by atoms with Crippen molar-refractivity contribution in [1.29, 1.82) is 0 Å². The van der Waals surface area contributed by atoms with Crippen molar-refractivity contribution >= 4 is 21.5 Å². The van der Waals surface area contributed by atoms with Crippen molar-refractivity contribution in [1.82, 2.24) is 4.31 Å². The molecule has 27 heavy (non-hydrogen) atoms. The van der Waals surface area contributed by atoms with Crippen LogP contribution in [0.15, 0.2) is 47.4 Å². The molecular formula is C19H20F2N2O3S. The fourth-order valence-corrected chi connectivity index (χ4v) is 4.86. The van der Waals surface area contributed by atoms with Gasteiger partial charge in [0, 0.05) is 37.3 Å². The molecule has 0 aromatic heterocycles. The van der Waals surface area contributed by atoms with Crippen molar-refractivity contribution in [3.05, 3.63) is 59.7 Å². The average molecular weight is 394 g/mol. The highest BCUT2D eigenvalue weighted by Crippen LogP contribution is 2.27. The van der Waals surface area contributed by atoms with E-state index in [0.29, 0.717) is 5.56 Å². The number of carbonyl (C=O) groups is 1. The summed E-state index contributed by atoms with van der Waals surface area (Å²) in [6.07, 6.45) is 0. The van der Waals surface area contributed by atoms with E-state index in [1.54, 1.807) is 11.8 Å². The van der Waals surface area contributed by atoms with E-state index >= 15 is 0 Å². The summed E-state index contributed by atoms with van der Waals surface area (Å²) in [7, 11) is -3.73. The lowest BCUT2D eigenvalue weighted by Crippen LogP contribution is -2.54. The minimum absolute atomic E-state index is 0.112. The van der Waals surface area contributed by atoms with E-state index in [9.17, 15) is 22.0 Å². The van der Waals surface area contributed by atoms with Crippen molar-refractivity contribution in [3.63, 3.8) is 0 Å². The summed E-state index contributed by atoms with van der Waals surface area (Å²) in [5.74, 6) is -1.46. The van der Waals surface area contributed by atoms with E-state index in [2.05, 4.69) is 0 Å². The molecular weight excluding hydrogens is 374 g/mol. The summed E-state index contributed by atoms with van der Waals surface area (Å²) in [5, 5.41) is 0. The molecule has 0 amide bonds. The standard InChI is InChI=1S/C19H20F2N2O3S/c1-13-12-22(19-8-5-16(20)11-18(19)21)9-10-23(13)27(25,26)17-6-3-15(4-7-17)14(2)24/h3-8,11,13H,9-10,12H2,1-2H3/t13-/m1/s1. The van der Waals surface area contributed by atoms with Gasteiger partial charge in [-0.3, -0.25) is 4.79 Å². The lowest BCUT2D eigenvalue weighted by atomic mass is 10.2. The second kappa shape index (κ2) is 7.36. The Morgan fingerprint density at radius 2 is 1.74 bits per heavy atom. The highest BCUT2D eigenvalue weighted by molar-refractivity contribution is 7.89. The number of anilines is 1. The van der Waals surface area contributed by atoms with Crippen LogP contribution in [0.2, 0.25) is 0 Å². The molecule has 0 radical (unpaired) electrons. The fourth-order valence-electron chi connectivity index (χ4n) is 3.25. The number of carbonyl (C=O) groups excluding carboxylic acids is 1. The summed E-state index contributed by atoms with van der Waals surface area (Å²) in [5.41, 5.74) is 0.699. The number of halogens is 2. The van der Waals surface area contributed by atoms with Gasteiger partial charge in [0.2, 0.25) is 10.0 Å². The van der Waals surface area contributed by atoms with Gasteiger partial charge in [-0.25, -0.2) is 17.2 Å². The minimum atomic E-state index is -3.73. The van der Waals surface area contributed by atoms with Crippen molar-refractivity contribution in [3.8, 4) is 0 Å². The third-order valence-corrected chi connectivity index (χ3v) is 6.71. The normalized spacial score (nSPS) is 18.5. The Labute approximate surface area is 157 Å². The van der Waals surface area contributed by atoms with E-state index in [0.717, 1.165) is 6.07 Å². The number of hydrogen-bond donors (Lipinski definition) is 0. The first-order valence-corrected chi connectivity index (χ1v) is 9.97. The number of benzene rings is 2. The molecule has 1 fully saturated rings. The smallest absolute Gasteiger partial charge is 0.243 e. The lowest BCUT2D eigenvalue weighted by Gasteiger charge is -2.40. The van der Waals surface area contributed by atoms with Gasteiger partial charge in [0.15, 0.2) is 5.78 Å². The quantitative estimate of drug-likeness (QED) is 0.748. The summed E-state index contributed by atoms with van der Waals surface area (Å²) >= 11 is 0. The summed E-state index contributed by atoms with van der Waals surface area (Å²) < 4.78 is 54.4. The van der Waals surface area contributed by atoms with Crippen LogP contribution in [0, 0.1) is 11.6 Å². The molecule has 2 aromatic carbocycles. The summed E-state index contributed by atoms with van der Waals surface area (Å²) in [6.45, 7) is 3.91. The first-order valence-electron chi connectivity index (χ1n) is 8.53. The molecule has 0 spiro atoms. The molecule has 1 aliphatic rings. The highest BCUT2D eigenvalue weighted by Gasteiger charge is 2.34.